The van der Waals surface area contributed by atoms with E-state index < -0.39 is 12.2 Å². The third-order valence-corrected chi connectivity index (χ3v) is 4.40. The van der Waals surface area contributed by atoms with Crippen LogP contribution in [-0.2, 0) is 4.74 Å². The number of hydrogen-bond acceptors (Lipinski definition) is 6. The average Bonchev–Trinajstić information content (AvgIpc) is 3.12. The van der Waals surface area contributed by atoms with Crippen molar-refractivity contribution in [1.82, 2.24) is 5.32 Å². The molecule has 28 heavy (non-hydrogen) atoms. The summed E-state index contributed by atoms with van der Waals surface area (Å²) in [5.74, 6) is 1.52. The van der Waals surface area contributed by atoms with E-state index in [0.717, 1.165) is 0 Å². The number of ether oxygens (including phenoxy) is 4. The van der Waals surface area contributed by atoms with Gasteiger partial charge in [-0.15, -0.1) is 0 Å². The highest BCUT2D eigenvalue weighted by atomic mass is 16.6. The van der Waals surface area contributed by atoms with Gasteiger partial charge in [-0.2, -0.15) is 0 Å². The number of rotatable bonds is 7. The van der Waals surface area contributed by atoms with Crippen molar-refractivity contribution in [2.24, 2.45) is 0 Å². The third-order valence-electron chi connectivity index (χ3n) is 4.40. The molecular formula is C20H22N2O6. The molecule has 0 saturated carbocycles. The van der Waals surface area contributed by atoms with Crippen LogP contribution < -0.4 is 24.4 Å². The topological polar surface area (TPSA) is 86.3 Å². The number of benzene rings is 2. The fraction of sp³-hybridized carbons (Fsp3) is 0.300. The fourth-order valence-electron chi connectivity index (χ4n) is 2.88. The second-order valence-electron chi connectivity index (χ2n) is 6.09. The van der Waals surface area contributed by atoms with E-state index in [1.54, 1.807) is 56.7 Å². The number of hydrogen-bond donors (Lipinski definition) is 1. The maximum Gasteiger partial charge on any atom is 0.414 e. The second kappa shape index (κ2) is 8.51. The molecule has 0 bridgehead atoms. The Kier molecular flexibility index (Phi) is 5.88. The molecule has 1 N–H and O–H groups in total. The summed E-state index contributed by atoms with van der Waals surface area (Å²) in [5, 5.41) is 2.78. The molecule has 1 saturated heterocycles. The molecule has 1 aliphatic rings. The van der Waals surface area contributed by atoms with Gasteiger partial charge in [0.1, 0.15) is 11.9 Å². The Balaban J connectivity index is 1.60. The number of carbonyl (C=O) groups excluding carboxylic acids is 2. The number of carbonyl (C=O) groups is 2. The SMILES string of the molecule is COc1ccc(C(=O)NCC2CN(c3ccc(OC)c(OC)c3)C(=O)O2)cc1. The van der Waals surface area contributed by atoms with Gasteiger partial charge in [-0.25, -0.2) is 4.79 Å². The Morgan fingerprint density at radius 2 is 1.79 bits per heavy atom. The minimum absolute atomic E-state index is 0.209. The summed E-state index contributed by atoms with van der Waals surface area (Å²) in [4.78, 5) is 26.0. The van der Waals surface area contributed by atoms with Crippen molar-refractivity contribution in [3.63, 3.8) is 0 Å². The highest BCUT2D eigenvalue weighted by Crippen LogP contribution is 2.33. The third kappa shape index (κ3) is 4.11. The van der Waals surface area contributed by atoms with Crippen molar-refractivity contribution in [2.45, 2.75) is 6.10 Å². The summed E-state index contributed by atoms with van der Waals surface area (Å²) in [5.41, 5.74) is 1.13. The van der Waals surface area contributed by atoms with E-state index in [0.29, 0.717) is 35.0 Å². The number of nitrogens with zero attached hydrogens (tertiary/aromatic N) is 1. The van der Waals surface area contributed by atoms with Crippen molar-refractivity contribution in [2.75, 3.05) is 39.3 Å². The fourth-order valence-corrected chi connectivity index (χ4v) is 2.88. The van der Waals surface area contributed by atoms with E-state index in [9.17, 15) is 9.59 Å². The summed E-state index contributed by atoms with van der Waals surface area (Å²) in [6, 6.07) is 11.9. The van der Waals surface area contributed by atoms with E-state index in [2.05, 4.69) is 5.32 Å². The summed E-state index contributed by atoms with van der Waals surface area (Å²) in [7, 11) is 4.64. The molecule has 0 aliphatic carbocycles. The van der Waals surface area contributed by atoms with Gasteiger partial charge in [0.2, 0.25) is 0 Å². The van der Waals surface area contributed by atoms with Gasteiger partial charge in [-0.1, -0.05) is 0 Å². The zero-order valence-electron chi connectivity index (χ0n) is 15.9. The van der Waals surface area contributed by atoms with Gasteiger partial charge in [0.05, 0.1) is 40.1 Å². The number of methoxy groups -OCH3 is 3. The summed E-state index contributed by atoms with van der Waals surface area (Å²) in [6.07, 6.45) is -0.932. The first-order valence-corrected chi connectivity index (χ1v) is 8.68. The van der Waals surface area contributed by atoms with Crippen LogP contribution in [0.15, 0.2) is 42.5 Å². The van der Waals surface area contributed by atoms with E-state index in [4.69, 9.17) is 18.9 Å². The maximum atomic E-state index is 12.3. The molecule has 3 rings (SSSR count). The summed E-state index contributed by atoms with van der Waals surface area (Å²) < 4.78 is 20.9. The van der Waals surface area contributed by atoms with Crippen LogP contribution in [0.3, 0.4) is 0 Å². The highest BCUT2D eigenvalue weighted by molar-refractivity contribution is 5.94. The summed E-state index contributed by atoms with van der Waals surface area (Å²) in [6.45, 7) is 0.525. The monoisotopic (exact) mass is 386 g/mol. The first-order valence-electron chi connectivity index (χ1n) is 8.68. The molecule has 2 aromatic carbocycles. The Bertz CT molecular complexity index is 852. The van der Waals surface area contributed by atoms with E-state index in [1.165, 1.54) is 12.0 Å². The van der Waals surface area contributed by atoms with Crippen LogP contribution in [0.1, 0.15) is 10.4 Å². The molecular weight excluding hydrogens is 364 g/mol. The van der Waals surface area contributed by atoms with Crippen LogP contribution in [0.5, 0.6) is 17.2 Å². The highest BCUT2D eigenvalue weighted by Gasteiger charge is 2.33. The van der Waals surface area contributed by atoms with E-state index >= 15 is 0 Å². The number of cyclic esters (lactones) is 1. The zero-order chi connectivity index (χ0) is 20.1. The molecule has 0 radical (unpaired) electrons. The Labute approximate surface area is 162 Å². The number of anilines is 1. The molecule has 1 atom stereocenters. The molecule has 148 valence electrons. The lowest BCUT2D eigenvalue weighted by Crippen LogP contribution is -2.34. The minimum atomic E-state index is -0.476. The molecule has 0 aromatic heterocycles. The molecule has 8 nitrogen and oxygen atoms in total. The molecule has 0 spiro atoms. The van der Waals surface area contributed by atoms with Crippen molar-refractivity contribution >= 4 is 17.7 Å². The summed E-state index contributed by atoms with van der Waals surface area (Å²) >= 11 is 0. The van der Waals surface area contributed by atoms with Gasteiger partial charge in [-0.3, -0.25) is 9.69 Å². The second-order valence-corrected chi connectivity index (χ2v) is 6.09. The standard InChI is InChI=1S/C20H22N2O6/c1-25-15-7-4-13(5-8-15)19(23)21-11-16-12-22(20(24)28-16)14-6-9-17(26-2)18(10-14)27-3/h4-10,16H,11-12H2,1-3H3,(H,21,23). The Hall–Kier alpha value is -3.42. The van der Waals surface area contributed by atoms with Crippen LogP contribution >= 0.6 is 0 Å². The van der Waals surface area contributed by atoms with Crippen LogP contribution in [-0.4, -0.2) is 52.5 Å². The first-order chi connectivity index (χ1) is 13.5. The van der Waals surface area contributed by atoms with Gasteiger partial charge in [0.15, 0.2) is 11.5 Å². The van der Waals surface area contributed by atoms with Gasteiger partial charge >= 0.3 is 6.09 Å². The Morgan fingerprint density at radius 3 is 2.43 bits per heavy atom. The molecule has 1 unspecified atom stereocenters. The molecule has 1 fully saturated rings. The molecule has 2 amide bonds. The number of nitrogens with one attached hydrogen (secondary N) is 1. The van der Waals surface area contributed by atoms with Crippen LogP contribution in [0.4, 0.5) is 10.5 Å². The molecule has 1 aliphatic heterocycles. The van der Waals surface area contributed by atoms with Crippen LogP contribution in [0, 0.1) is 0 Å². The van der Waals surface area contributed by atoms with Gasteiger partial charge in [0.25, 0.3) is 5.91 Å². The largest absolute Gasteiger partial charge is 0.497 e. The molecule has 1 heterocycles. The van der Waals surface area contributed by atoms with Crippen LogP contribution in [0.25, 0.3) is 0 Å². The minimum Gasteiger partial charge on any atom is -0.497 e. The van der Waals surface area contributed by atoms with Crippen molar-refractivity contribution in [3.05, 3.63) is 48.0 Å². The Morgan fingerprint density at radius 1 is 1.07 bits per heavy atom. The predicted octanol–water partition coefficient (Wildman–Crippen LogP) is 2.47. The van der Waals surface area contributed by atoms with Crippen molar-refractivity contribution < 1.29 is 28.5 Å². The van der Waals surface area contributed by atoms with Gasteiger partial charge in [-0.05, 0) is 36.4 Å². The van der Waals surface area contributed by atoms with Gasteiger partial charge < -0.3 is 24.3 Å². The van der Waals surface area contributed by atoms with Crippen LogP contribution in [0.2, 0.25) is 0 Å². The lowest BCUT2D eigenvalue weighted by Gasteiger charge is -2.15. The normalized spacial score (nSPS) is 15.8. The lowest BCUT2D eigenvalue weighted by molar-refractivity contribution is 0.0916. The van der Waals surface area contributed by atoms with Crippen molar-refractivity contribution in [1.29, 1.82) is 0 Å². The molecule has 8 heteroatoms. The van der Waals surface area contributed by atoms with E-state index in [1.807, 2.05) is 0 Å². The smallest absolute Gasteiger partial charge is 0.414 e. The lowest BCUT2D eigenvalue weighted by atomic mass is 10.2. The van der Waals surface area contributed by atoms with Gasteiger partial charge in [0, 0.05) is 11.6 Å². The first kappa shape index (κ1) is 19.3. The quantitative estimate of drug-likeness (QED) is 0.787. The number of amides is 2. The van der Waals surface area contributed by atoms with Crippen molar-refractivity contribution in [3.8, 4) is 17.2 Å². The molecule has 2 aromatic rings. The maximum absolute atomic E-state index is 12.3. The zero-order valence-corrected chi connectivity index (χ0v) is 15.9. The predicted molar refractivity (Wildman–Crippen MR) is 102 cm³/mol. The van der Waals surface area contributed by atoms with E-state index in [-0.39, 0.29) is 12.5 Å². The average molecular weight is 386 g/mol.